The summed E-state index contributed by atoms with van der Waals surface area (Å²) < 4.78 is 6.74. The standard InChI is InChI=1S/C15H22N6O2/c1-11-14(22)21(8-9-23-3)13-12(17-11)10-16-15(18-13)20-6-4-19(2)5-7-20/h10H,4-9H2,1-3H3. The largest absolute Gasteiger partial charge is 0.383 e. The third kappa shape index (κ3) is 3.18. The number of nitrogens with zero attached hydrogens (tertiary/aromatic N) is 6. The van der Waals surface area contributed by atoms with E-state index in [9.17, 15) is 4.79 Å². The Morgan fingerprint density at radius 1 is 1.22 bits per heavy atom. The van der Waals surface area contributed by atoms with Crippen LogP contribution in [0.3, 0.4) is 0 Å². The number of hydrogen-bond acceptors (Lipinski definition) is 7. The first kappa shape index (κ1) is 15.8. The van der Waals surface area contributed by atoms with Crippen molar-refractivity contribution in [3.63, 3.8) is 0 Å². The van der Waals surface area contributed by atoms with Gasteiger partial charge >= 0.3 is 0 Å². The van der Waals surface area contributed by atoms with E-state index in [1.807, 2.05) is 0 Å². The molecule has 124 valence electrons. The van der Waals surface area contributed by atoms with Crippen molar-refractivity contribution in [3.8, 4) is 0 Å². The highest BCUT2D eigenvalue weighted by Crippen LogP contribution is 2.14. The minimum absolute atomic E-state index is 0.127. The van der Waals surface area contributed by atoms with E-state index < -0.39 is 0 Å². The molecule has 0 aromatic carbocycles. The van der Waals surface area contributed by atoms with Gasteiger partial charge in [-0.25, -0.2) is 9.97 Å². The second-order valence-corrected chi connectivity index (χ2v) is 5.82. The molecule has 0 aliphatic carbocycles. The van der Waals surface area contributed by atoms with Gasteiger partial charge in [0.05, 0.1) is 19.3 Å². The molecule has 23 heavy (non-hydrogen) atoms. The molecule has 0 saturated carbocycles. The molecule has 2 aromatic rings. The van der Waals surface area contributed by atoms with Crippen LogP contribution >= 0.6 is 0 Å². The van der Waals surface area contributed by atoms with Crippen LogP contribution < -0.4 is 10.5 Å². The van der Waals surface area contributed by atoms with Crippen LogP contribution in [0.4, 0.5) is 5.95 Å². The molecule has 1 aliphatic heterocycles. The van der Waals surface area contributed by atoms with Crippen LogP contribution in [0, 0.1) is 6.92 Å². The molecule has 3 rings (SSSR count). The highest BCUT2D eigenvalue weighted by Gasteiger charge is 2.18. The van der Waals surface area contributed by atoms with Crippen LogP contribution in [0.2, 0.25) is 0 Å². The van der Waals surface area contributed by atoms with Crippen LogP contribution in [0.15, 0.2) is 11.0 Å². The number of methoxy groups -OCH3 is 1. The number of likely N-dealkylation sites (N-methyl/N-ethyl adjacent to an activating group) is 1. The highest BCUT2D eigenvalue weighted by molar-refractivity contribution is 5.70. The lowest BCUT2D eigenvalue weighted by atomic mass is 10.3. The van der Waals surface area contributed by atoms with Crippen molar-refractivity contribution < 1.29 is 4.74 Å². The SMILES string of the molecule is COCCn1c(=O)c(C)nc2cnc(N3CCN(C)CC3)nc21. The molecule has 3 heterocycles. The monoisotopic (exact) mass is 318 g/mol. The predicted molar refractivity (Wildman–Crippen MR) is 87.9 cm³/mol. The summed E-state index contributed by atoms with van der Waals surface area (Å²) in [7, 11) is 3.72. The van der Waals surface area contributed by atoms with Gasteiger partial charge in [0, 0.05) is 33.3 Å². The number of aromatic nitrogens is 4. The van der Waals surface area contributed by atoms with E-state index in [4.69, 9.17) is 4.74 Å². The molecule has 8 nitrogen and oxygen atoms in total. The van der Waals surface area contributed by atoms with Gasteiger partial charge in [0.1, 0.15) is 11.2 Å². The molecule has 0 bridgehead atoms. The third-order valence-electron chi connectivity index (χ3n) is 4.14. The molecule has 0 unspecified atom stereocenters. The van der Waals surface area contributed by atoms with Gasteiger partial charge < -0.3 is 14.5 Å². The first-order valence-electron chi connectivity index (χ1n) is 7.77. The molecule has 1 fully saturated rings. The summed E-state index contributed by atoms with van der Waals surface area (Å²) in [5.41, 5.74) is 1.53. The zero-order valence-corrected chi connectivity index (χ0v) is 13.8. The summed E-state index contributed by atoms with van der Waals surface area (Å²) in [5, 5.41) is 0. The third-order valence-corrected chi connectivity index (χ3v) is 4.14. The molecule has 0 N–H and O–H groups in total. The van der Waals surface area contributed by atoms with E-state index in [1.165, 1.54) is 0 Å². The van der Waals surface area contributed by atoms with Crippen LogP contribution in [0.5, 0.6) is 0 Å². The van der Waals surface area contributed by atoms with Crippen molar-refractivity contribution in [2.75, 3.05) is 51.8 Å². The summed E-state index contributed by atoms with van der Waals surface area (Å²) >= 11 is 0. The summed E-state index contributed by atoms with van der Waals surface area (Å²) in [5.74, 6) is 0.654. The van der Waals surface area contributed by atoms with Gasteiger partial charge in [-0.3, -0.25) is 9.36 Å². The van der Waals surface area contributed by atoms with Gasteiger partial charge in [-0.05, 0) is 14.0 Å². The van der Waals surface area contributed by atoms with Crippen molar-refractivity contribution in [2.24, 2.45) is 0 Å². The van der Waals surface area contributed by atoms with E-state index in [0.29, 0.717) is 36.0 Å². The molecule has 0 atom stereocenters. The quantitative estimate of drug-likeness (QED) is 0.778. The van der Waals surface area contributed by atoms with Crippen molar-refractivity contribution in [2.45, 2.75) is 13.5 Å². The Hall–Kier alpha value is -2.06. The normalized spacial score (nSPS) is 16.2. The lowest BCUT2D eigenvalue weighted by Gasteiger charge is -2.32. The van der Waals surface area contributed by atoms with E-state index >= 15 is 0 Å². The lowest BCUT2D eigenvalue weighted by molar-refractivity contribution is 0.187. The van der Waals surface area contributed by atoms with Crippen LogP contribution in [0.1, 0.15) is 5.69 Å². The van der Waals surface area contributed by atoms with Crippen LogP contribution in [-0.4, -0.2) is 71.4 Å². The Balaban J connectivity index is 2.03. The summed E-state index contributed by atoms with van der Waals surface area (Å²) in [6.45, 7) is 6.32. The van der Waals surface area contributed by atoms with Gasteiger partial charge in [0.2, 0.25) is 5.95 Å². The molecule has 1 saturated heterocycles. The predicted octanol–water partition coefficient (Wildman–Crippen LogP) is -0.107. The highest BCUT2D eigenvalue weighted by atomic mass is 16.5. The van der Waals surface area contributed by atoms with E-state index in [2.05, 4.69) is 31.8 Å². The van der Waals surface area contributed by atoms with Crippen molar-refractivity contribution >= 4 is 17.1 Å². The maximum absolute atomic E-state index is 12.4. The number of fused-ring (bicyclic) bond motifs is 1. The van der Waals surface area contributed by atoms with E-state index in [0.717, 1.165) is 26.2 Å². The minimum Gasteiger partial charge on any atom is -0.383 e. The molecule has 0 spiro atoms. The number of ether oxygens (including phenoxy) is 1. The maximum atomic E-state index is 12.4. The molecular weight excluding hydrogens is 296 g/mol. The number of piperazine rings is 1. The first-order chi connectivity index (χ1) is 11.1. The topological polar surface area (TPSA) is 76.4 Å². The Labute approximate surface area is 134 Å². The van der Waals surface area contributed by atoms with E-state index in [1.54, 1.807) is 24.8 Å². The number of hydrogen-bond donors (Lipinski definition) is 0. The average Bonchev–Trinajstić information content (AvgIpc) is 2.56. The van der Waals surface area contributed by atoms with Gasteiger partial charge in [0.15, 0.2) is 5.65 Å². The zero-order chi connectivity index (χ0) is 16.4. The fourth-order valence-corrected chi connectivity index (χ4v) is 2.70. The zero-order valence-electron chi connectivity index (χ0n) is 13.8. The second kappa shape index (κ2) is 6.59. The fraction of sp³-hybridized carbons (Fsp3) is 0.600. The Kier molecular flexibility index (Phi) is 4.53. The van der Waals surface area contributed by atoms with Crippen molar-refractivity contribution in [1.29, 1.82) is 0 Å². The number of rotatable bonds is 4. The molecule has 1 aliphatic rings. The Bertz CT molecular complexity index is 751. The summed E-state index contributed by atoms with van der Waals surface area (Å²) in [6, 6.07) is 0. The molecule has 2 aromatic heterocycles. The van der Waals surface area contributed by atoms with Gasteiger partial charge in [-0.1, -0.05) is 0 Å². The Morgan fingerprint density at radius 2 is 1.96 bits per heavy atom. The van der Waals surface area contributed by atoms with Gasteiger partial charge in [-0.15, -0.1) is 0 Å². The number of anilines is 1. The molecule has 8 heteroatoms. The fourth-order valence-electron chi connectivity index (χ4n) is 2.70. The first-order valence-corrected chi connectivity index (χ1v) is 7.77. The van der Waals surface area contributed by atoms with Crippen molar-refractivity contribution in [3.05, 3.63) is 22.2 Å². The maximum Gasteiger partial charge on any atom is 0.273 e. The van der Waals surface area contributed by atoms with Crippen LogP contribution in [-0.2, 0) is 11.3 Å². The van der Waals surface area contributed by atoms with Crippen molar-refractivity contribution in [1.82, 2.24) is 24.4 Å². The lowest BCUT2D eigenvalue weighted by Crippen LogP contribution is -2.45. The minimum atomic E-state index is -0.127. The summed E-state index contributed by atoms with van der Waals surface area (Å²) in [6.07, 6.45) is 1.70. The second-order valence-electron chi connectivity index (χ2n) is 5.82. The van der Waals surface area contributed by atoms with E-state index in [-0.39, 0.29) is 5.56 Å². The summed E-state index contributed by atoms with van der Waals surface area (Å²) in [4.78, 5) is 30.2. The molecule has 0 radical (unpaired) electrons. The Morgan fingerprint density at radius 3 is 2.65 bits per heavy atom. The van der Waals surface area contributed by atoms with Crippen LogP contribution in [0.25, 0.3) is 11.2 Å². The van der Waals surface area contributed by atoms with Gasteiger partial charge in [-0.2, -0.15) is 4.98 Å². The van der Waals surface area contributed by atoms with Gasteiger partial charge in [0.25, 0.3) is 5.56 Å². The number of aryl methyl sites for hydroxylation is 1. The molecular formula is C15H22N6O2. The smallest absolute Gasteiger partial charge is 0.273 e. The average molecular weight is 318 g/mol. The molecule has 0 amide bonds.